The lowest BCUT2D eigenvalue weighted by atomic mass is 9.92. The molecule has 1 amide bonds. The maximum absolute atomic E-state index is 14.1. The molecule has 0 unspecified atom stereocenters. The number of benzene rings is 2. The van der Waals surface area contributed by atoms with Gasteiger partial charge in [0.05, 0.1) is 0 Å². The van der Waals surface area contributed by atoms with Crippen LogP contribution in [-0.2, 0) is 4.74 Å². The highest BCUT2D eigenvalue weighted by Gasteiger charge is 2.25. The first-order valence-corrected chi connectivity index (χ1v) is 10.1. The molecule has 1 heterocycles. The fraction of sp³-hybridized carbons (Fsp3) is 0.375. The number of hydrogen-bond acceptors (Lipinski definition) is 2. The Bertz CT molecular complexity index is 1060. The van der Waals surface area contributed by atoms with Gasteiger partial charge in [0.1, 0.15) is 11.4 Å². The predicted molar refractivity (Wildman–Crippen MR) is 115 cm³/mol. The highest BCUT2D eigenvalue weighted by atomic mass is 19.1. The number of nitrogens with zero attached hydrogens (tertiary/aromatic N) is 1. The number of carbonyl (C=O) groups is 1. The molecule has 152 valence electrons. The zero-order valence-electron chi connectivity index (χ0n) is 17.4. The van der Waals surface area contributed by atoms with Crippen molar-refractivity contribution in [3.05, 3.63) is 53.8 Å². The molecule has 0 radical (unpaired) electrons. The monoisotopic (exact) mass is 394 g/mol. The number of anilines is 1. The van der Waals surface area contributed by atoms with Crippen molar-refractivity contribution in [3.8, 4) is 11.3 Å². The molecule has 1 aromatic heterocycles. The summed E-state index contributed by atoms with van der Waals surface area (Å²) in [7, 11) is 0. The minimum atomic E-state index is -0.541. The quantitative estimate of drug-likeness (QED) is 0.529. The second kappa shape index (κ2) is 7.21. The summed E-state index contributed by atoms with van der Waals surface area (Å²) in [5, 5.41) is 3.68. The maximum Gasteiger partial charge on any atom is 0.412 e. The normalized spacial score (nSPS) is 14.7. The summed E-state index contributed by atoms with van der Waals surface area (Å²) >= 11 is 0. The summed E-state index contributed by atoms with van der Waals surface area (Å²) in [5.74, 6) is -0.174. The van der Waals surface area contributed by atoms with Gasteiger partial charge in [-0.2, -0.15) is 0 Å². The Hall–Kier alpha value is -2.82. The van der Waals surface area contributed by atoms with Gasteiger partial charge in [-0.05, 0) is 88.4 Å². The number of aryl methyl sites for hydroxylation is 1. The minimum Gasteiger partial charge on any atom is -0.444 e. The molecule has 1 saturated carbocycles. The predicted octanol–water partition coefficient (Wildman–Crippen LogP) is 6.83. The number of rotatable bonds is 3. The van der Waals surface area contributed by atoms with Crippen LogP contribution < -0.4 is 5.32 Å². The number of halogens is 1. The molecule has 0 saturated heterocycles. The van der Waals surface area contributed by atoms with Crippen LogP contribution in [0, 0.1) is 12.7 Å². The molecule has 2 aromatic carbocycles. The van der Waals surface area contributed by atoms with E-state index in [0.717, 1.165) is 35.0 Å². The Morgan fingerprint density at radius 2 is 1.83 bits per heavy atom. The van der Waals surface area contributed by atoms with Crippen LogP contribution in [0.4, 0.5) is 14.9 Å². The average molecular weight is 394 g/mol. The summed E-state index contributed by atoms with van der Waals surface area (Å²) < 4.78 is 21.8. The minimum absolute atomic E-state index is 0.174. The van der Waals surface area contributed by atoms with Gasteiger partial charge < -0.3 is 9.30 Å². The largest absolute Gasteiger partial charge is 0.444 e. The van der Waals surface area contributed by atoms with Crippen molar-refractivity contribution in [2.24, 2.45) is 0 Å². The molecule has 0 atom stereocenters. The zero-order valence-corrected chi connectivity index (χ0v) is 17.4. The van der Waals surface area contributed by atoms with E-state index in [4.69, 9.17) is 4.74 Å². The Labute approximate surface area is 170 Å². The Morgan fingerprint density at radius 1 is 1.14 bits per heavy atom. The van der Waals surface area contributed by atoms with Crippen LogP contribution in [0.5, 0.6) is 0 Å². The number of ether oxygens (including phenoxy) is 1. The van der Waals surface area contributed by atoms with Gasteiger partial charge in [0.2, 0.25) is 0 Å². The molecule has 5 heteroatoms. The van der Waals surface area contributed by atoms with Crippen LogP contribution in [0.15, 0.2) is 42.5 Å². The first kappa shape index (κ1) is 19.5. The first-order chi connectivity index (χ1) is 13.7. The van der Waals surface area contributed by atoms with Crippen molar-refractivity contribution >= 4 is 22.7 Å². The van der Waals surface area contributed by atoms with Gasteiger partial charge in [0, 0.05) is 28.3 Å². The fourth-order valence-electron chi connectivity index (χ4n) is 3.76. The Morgan fingerprint density at radius 3 is 2.41 bits per heavy atom. The van der Waals surface area contributed by atoms with E-state index < -0.39 is 11.7 Å². The van der Waals surface area contributed by atoms with E-state index in [1.807, 2.05) is 58.0 Å². The van der Waals surface area contributed by atoms with E-state index >= 15 is 0 Å². The fourth-order valence-corrected chi connectivity index (χ4v) is 3.76. The van der Waals surface area contributed by atoms with Crippen molar-refractivity contribution in [3.63, 3.8) is 0 Å². The van der Waals surface area contributed by atoms with Gasteiger partial charge in [0.15, 0.2) is 0 Å². The summed E-state index contributed by atoms with van der Waals surface area (Å²) in [6, 6.07) is 13.8. The molecule has 4 nitrogen and oxygen atoms in total. The molecule has 0 spiro atoms. The van der Waals surface area contributed by atoms with Crippen molar-refractivity contribution in [2.45, 2.75) is 58.6 Å². The first-order valence-electron chi connectivity index (χ1n) is 10.1. The highest BCUT2D eigenvalue weighted by molar-refractivity contribution is 5.89. The number of hydrogen-bond donors (Lipinski definition) is 1. The maximum atomic E-state index is 14.1. The van der Waals surface area contributed by atoms with E-state index in [0.29, 0.717) is 17.3 Å². The van der Waals surface area contributed by atoms with Gasteiger partial charge in [0.25, 0.3) is 0 Å². The third-order valence-corrected chi connectivity index (χ3v) is 5.39. The number of amides is 1. The van der Waals surface area contributed by atoms with Gasteiger partial charge >= 0.3 is 6.09 Å². The van der Waals surface area contributed by atoms with Crippen molar-refractivity contribution < 1.29 is 13.9 Å². The Kier molecular flexibility index (Phi) is 4.85. The van der Waals surface area contributed by atoms with Crippen LogP contribution in [0.3, 0.4) is 0 Å². The van der Waals surface area contributed by atoms with Crippen LogP contribution in [0.25, 0.3) is 22.2 Å². The summed E-state index contributed by atoms with van der Waals surface area (Å²) in [6.45, 7) is 7.31. The third kappa shape index (κ3) is 4.00. The molecule has 1 aliphatic rings. The van der Waals surface area contributed by atoms with Crippen LogP contribution in [0.1, 0.15) is 51.6 Å². The molecular weight excluding hydrogens is 367 g/mol. The number of nitrogens with one attached hydrogen (secondary N) is 1. The summed E-state index contributed by atoms with van der Waals surface area (Å²) in [5.41, 5.74) is 4.01. The van der Waals surface area contributed by atoms with E-state index in [2.05, 4.69) is 16.0 Å². The smallest absolute Gasteiger partial charge is 0.412 e. The molecule has 4 rings (SSSR count). The number of aromatic nitrogens is 1. The lowest BCUT2D eigenvalue weighted by molar-refractivity contribution is 0.0636. The number of fused-ring (bicyclic) bond motifs is 1. The van der Waals surface area contributed by atoms with E-state index in [-0.39, 0.29) is 5.82 Å². The number of carbonyl (C=O) groups excluding carboxylic acids is 1. The lowest BCUT2D eigenvalue weighted by Gasteiger charge is -2.30. The Balaban J connectivity index is 1.67. The topological polar surface area (TPSA) is 43.3 Å². The van der Waals surface area contributed by atoms with Crippen LogP contribution in [0.2, 0.25) is 0 Å². The van der Waals surface area contributed by atoms with Crippen LogP contribution in [-0.4, -0.2) is 16.3 Å². The van der Waals surface area contributed by atoms with Crippen LogP contribution >= 0.6 is 0 Å². The van der Waals surface area contributed by atoms with Gasteiger partial charge in [-0.15, -0.1) is 0 Å². The van der Waals surface area contributed by atoms with E-state index in [9.17, 15) is 9.18 Å². The van der Waals surface area contributed by atoms with Gasteiger partial charge in [-0.1, -0.05) is 12.1 Å². The van der Waals surface area contributed by atoms with Gasteiger partial charge in [-0.3, -0.25) is 5.32 Å². The van der Waals surface area contributed by atoms with Gasteiger partial charge in [-0.25, -0.2) is 9.18 Å². The molecule has 0 aliphatic heterocycles. The molecular formula is C24H27FN2O2. The molecule has 1 N–H and O–H groups in total. The molecule has 0 bridgehead atoms. The molecule has 29 heavy (non-hydrogen) atoms. The SMILES string of the molecule is Cc1cc2c(cc1F)cc(-c1ccc(NC(=O)OC(C)(C)C)cc1)n2C1CCC1. The van der Waals surface area contributed by atoms with Crippen molar-refractivity contribution in [2.75, 3.05) is 5.32 Å². The summed E-state index contributed by atoms with van der Waals surface area (Å²) in [4.78, 5) is 12.0. The zero-order chi connectivity index (χ0) is 20.8. The van der Waals surface area contributed by atoms with E-state index in [1.165, 1.54) is 6.42 Å². The summed E-state index contributed by atoms with van der Waals surface area (Å²) in [6.07, 6.45) is 3.04. The molecule has 3 aromatic rings. The van der Waals surface area contributed by atoms with E-state index in [1.54, 1.807) is 6.07 Å². The third-order valence-electron chi connectivity index (χ3n) is 5.39. The lowest BCUT2D eigenvalue weighted by Crippen LogP contribution is -2.27. The second-order valence-electron chi connectivity index (χ2n) is 8.85. The average Bonchev–Trinajstić information content (AvgIpc) is 2.91. The second-order valence-corrected chi connectivity index (χ2v) is 8.85. The van der Waals surface area contributed by atoms with Crippen molar-refractivity contribution in [1.29, 1.82) is 0 Å². The standard InChI is InChI=1S/C24H27FN2O2/c1-15-12-21-17(13-20(15)25)14-22(27(21)19-6-5-7-19)16-8-10-18(11-9-16)26-23(28)29-24(2,3)4/h8-14,19H,5-7H2,1-4H3,(H,26,28). The molecule has 1 aliphatic carbocycles. The van der Waals surface area contributed by atoms with Crippen molar-refractivity contribution in [1.82, 2.24) is 4.57 Å². The highest BCUT2D eigenvalue weighted by Crippen LogP contribution is 2.40. The molecule has 1 fully saturated rings.